The summed E-state index contributed by atoms with van der Waals surface area (Å²) in [6, 6.07) is 29.4. The van der Waals surface area contributed by atoms with E-state index >= 15 is 0 Å². The van der Waals surface area contributed by atoms with E-state index in [1.54, 1.807) is 0 Å². The molecule has 4 heterocycles. The Morgan fingerprint density at radius 3 is 2.06 bits per heavy atom. The Kier molecular flexibility index (Phi) is 6.12. The van der Waals surface area contributed by atoms with Gasteiger partial charge in [-0.1, -0.05) is 78.9 Å². The number of oxazole rings is 1. The van der Waals surface area contributed by atoms with Crippen molar-refractivity contribution in [3.8, 4) is 5.75 Å². The van der Waals surface area contributed by atoms with Crippen molar-refractivity contribution in [3.05, 3.63) is 120 Å². The molecule has 1 N–H and O–H groups in total. The number of aliphatic hydroxyl groups is 1. The van der Waals surface area contributed by atoms with Gasteiger partial charge in [-0.3, -0.25) is 0 Å². The Balaban J connectivity index is 1.23. The average molecular weight is 482 g/mol. The molecular formula is C31H33N2O3+. The van der Waals surface area contributed by atoms with Crippen LogP contribution in [0.15, 0.2) is 102 Å². The molecule has 3 aromatic carbocycles. The van der Waals surface area contributed by atoms with E-state index in [2.05, 4.69) is 4.98 Å². The number of piperidine rings is 3. The van der Waals surface area contributed by atoms with E-state index < -0.39 is 5.60 Å². The zero-order valence-corrected chi connectivity index (χ0v) is 20.5. The minimum atomic E-state index is -1.44. The van der Waals surface area contributed by atoms with Gasteiger partial charge < -0.3 is 18.7 Å². The molecule has 184 valence electrons. The summed E-state index contributed by atoms with van der Waals surface area (Å²) in [7, 11) is 0. The van der Waals surface area contributed by atoms with Crippen molar-refractivity contribution in [3.63, 3.8) is 0 Å². The molecule has 5 nitrogen and oxygen atoms in total. The molecule has 0 unspecified atom stereocenters. The summed E-state index contributed by atoms with van der Waals surface area (Å²) in [6.45, 7) is 4.96. The fraction of sp³-hybridized carbons (Fsp3) is 0.323. The van der Waals surface area contributed by atoms with Crippen LogP contribution in [0.4, 0.5) is 0 Å². The first kappa shape index (κ1) is 23.0. The van der Waals surface area contributed by atoms with E-state index in [1.807, 2.05) is 97.2 Å². The van der Waals surface area contributed by atoms with Crippen molar-refractivity contribution >= 4 is 0 Å². The van der Waals surface area contributed by atoms with Crippen LogP contribution < -0.4 is 4.74 Å². The van der Waals surface area contributed by atoms with Crippen LogP contribution in [0.5, 0.6) is 5.75 Å². The lowest BCUT2D eigenvalue weighted by Crippen LogP contribution is -2.62. The zero-order chi connectivity index (χ0) is 24.4. The summed E-state index contributed by atoms with van der Waals surface area (Å²) < 4.78 is 13.5. The highest BCUT2D eigenvalue weighted by Gasteiger charge is 2.47. The van der Waals surface area contributed by atoms with Gasteiger partial charge in [-0.15, -0.1) is 0 Å². The summed E-state index contributed by atoms with van der Waals surface area (Å²) in [5.74, 6) is 3.38. The van der Waals surface area contributed by atoms with Crippen molar-refractivity contribution in [1.29, 1.82) is 0 Å². The highest BCUT2D eigenvalue weighted by molar-refractivity contribution is 5.41. The number of fused-ring (bicyclic) bond motifs is 3. The standard InChI is InChI=1S/C31H33N2O3/c34-31(26-10-4-1-5-11-26,27-12-6-2-7-13-27)30-32-20-29(36-30)22-33-18-16-24(17-19-33)25(21-33)23-35-28-14-8-3-9-15-28/h1-15,20,24-25,34H,16-19,21-23H2/q+1/t24?,25-,33?/m1/s1. The van der Waals surface area contributed by atoms with Gasteiger partial charge in [0.25, 0.3) is 0 Å². The predicted octanol–water partition coefficient (Wildman–Crippen LogP) is 5.39. The lowest BCUT2D eigenvalue weighted by atomic mass is 9.77. The summed E-state index contributed by atoms with van der Waals surface area (Å²) in [4.78, 5) is 4.63. The van der Waals surface area contributed by atoms with Crippen LogP contribution in [0.1, 0.15) is 35.6 Å². The molecule has 1 aromatic heterocycles. The van der Waals surface area contributed by atoms with Gasteiger partial charge in [0, 0.05) is 18.8 Å². The number of para-hydroxylation sites is 1. The Labute approximate surface area is 212 Å². The maximum absolute atomic E-state index is 12.0. The number of rotatable bonds is 8. The van der Waals surface area contributed by atoms with Gasteiger partial charge in [-0.05, 0) is 29.2 Å². The first-order valence-corrected chi connectivity index (χ1v) is 13.0. The molecule has 3 fully saturated rings. The number of benzene rings is 3. The van der Waals surface area contributed by atoms with E-state index in [4.69, 9.17) is 9.15 Å². The SMILES string of the molecule is OC(c1ccccc1)(c1ccccc1)c1ncc(C[N+]23CCC(CC2)[C@@H](COc2ccccc2)C3)o1. The van der Waals surface area contributed by atoms with Crippen LogP contribution in [-0.2, 0) is 12.1 Å². The number of hydrogen-bond donors (Lipinski definition) is 1. The van der Waals surface area contributed by atoms with E-state index in [0.29, 0.717) is 11.8 Å². The Bertz CT molecular complexity index is 1230. The first-order valence-electron chi connectivity index (χ1n) is 13.0. The van der Waals surface area contributed by atoms with E-state index in [-0.39, 0.29) is 0 Å². The maximum atomic E-state index is 12.0. The third-order valence-corrected chi connectivity index (χ3v) is 8.18. The number of hydrogen-bond acceptors (Lipinski definition) is 4. The predicted molar refractivity (Wildman–Crippen MR) is 138 cm³/mol. The fourth-order valence-corrected chi connectivity index (χ4v) is 6.22. The molecule has 36 heavy (non-hydrogen) atoms. The first-order chi connectivity index (χ1) is 17.6. The molecule has 3 aliphatic heterocycles. The van der Waals surface area contributed by atoms with Gasteiger partial charge >= 0.3 is 0 Å². The number of nitrogens with zero attached hydrogens (tertiary/aromatic N) is 2. The summed E-state index contributed by atoms with van der Waals surface area (Å²) >= 11 is 0. The van der Waals surface area contributed by atoms with E-state index in [0.717, 1.165) is 65.8 Å². The molecule has 4 aromatic rings. The smallest absolute Gasteiger partial charge is 0.236 e. The van der Waals surface area contributed by atoms with Crippen LogP contribution in [0.25, 0.3) is 0 Å². The Morgan fingerprint density at radius 1 is 0.861 bits per heavy atom. The van der Waals surface area contributed by atoms with Gasteiger partial charge in [0.15, 0.2) is 11.4 Å². The van der Waals surface area contributed by atoms with Crippen molar-refractivity contribution in [2.45, 2.75) is 25.0 Å². The molecule has 0 aliphatic carbocycles. The monoisotopic (exact) mass is 481 g/mol. The van der Waals surface area contributed by atoms with Gasteiger partial charge in [0.2, 0.25) is 5.89 Å². The van der Waals surface area contributed by atoms with E-state index in [1.165, 1.54) is 12.8 Å². The lowest BCUT2D eigenvalue weighted by Gasteiger charge is -2.52. The summed E-state index contributed by atoms with van der Waals surface area (Å²) in [5, 5.41) is 12.0. The minimum Gasteiger partial charge on any atom is -0.493 e. The number of quaternary nitrogens is 1. The molecule has 0 radical (unpaired) electrons. The van der Waals surface area contributed by atoms with Crippen LogP contribution in [0.2, 0.25) is 0 Å². The highest BCUT2D eigenvalue weighted by atomic mass is 16.5. The average Bonchev–Trinajstić information content (AvgIpc) is 3.42. The van der Waals surface area contributed by atoms with Crippen LogP contribution in [0, 0.1) is 11.8 Å². The topological polar surface area (TPSA) is 55.5 Å². The number of aromatic nitrogens is 1. The largest absolute Gasteiger partial charge is 0.493 e. The van der Waals surface area contributed by atoms with Crippen LogP contribution in [0.3, 0.4) is 0 Å². The van der Waals surface area contributed by atoms with Crippen molar-refractivity contribution < 1.29 is 18.7 Å². The van der Waals surface area contributed by atoms with Gasteiger partial charge in [-0.25, -0.2) is 4.98 Å². The highest BCUT2D eigenvalue weighted by Crippen LogP contribution is 2.41. The molecule has 0 amide bonds. The van der Waals surface area contributed by atoms with Gasteiger partial charge in [0.1, 0.15) is 12.3 Å². The minimum absolute atomic E-state index is 0.323. The maximum Gasteiger partial charge on any atom is 0.236 e. The molecule has 0 saturated carbocycles. The molecule has 7 rings (SSSR count). The molecule has 0 spiro atoms. The van der Waals surface area contributed by atoms with Crippen LogP contribution in [-0.4, -0.2) is 40.8 Å². The second kappa shape index (κ2) is 9.57. The Hall–Kier alpha value is -3.41. The van der Waals surface area contributed by atoms with Crippen LogP contribution >= 0.6 is 0 Å². The lowest BCUT2D eigenvalue weighted by molar-refractivity contribution is -0.960. The Morgan fingerprint density at radius 2 is 1.44 bits per heavy atom. The quantitative estimate of drug-likeness (QED) is 0.343. The third kappa shape index (κ3) is 4.34. The zero-order valence-electron chi connectivity index (χ0n) is 20.5. The number of ether oxygens (including phenoxy) is 1. The van der Waals surface area contributed by atoms with E-state index in [9.17, 15) is 5.11 Å². The van der Waals surface area contributed by atoms with Crippen molar-refractivity contribution in [2.24, 2.45) is 11.8 Å². The van der Waals surface area contributed by atoms with Gasteiger partial charge in [0.05, 0.1) is 32.4 Å². The normalized spacial score (nSPS) is 23.5. The fourth-order valence-electron chi connectivity index (χ4n) is 6.22. The second-order valence-corrected chi connectivity index (χ2v) is 10.4. The molecule has 5 heteroatoms. The third-order valence-electron chi connectivity index (χ3n) is 8.18. The summed E-state index contributed by atoms with van der Waals surface area (Å²) in [5.41, 5.74) is 0.0453. The molecule has 3 saturated heterocycles. The van der Waals surface area contributed by atoms with Gasteiger partial charge in [-0.2, -0.15) is 0 Å². The summed E-state index contributed by atoms with van der Waals surface area (Å²) in [6.07, 6.45) is 4.26. The molecule has 1 atom stereocenters. The molecule has 3 aliphatic rings. The molecular weight excluding hydrogens is 448 g/mol. The molecule has 2 bridgehead atoms. The second-order valence-electron chi connectivity index (χ2n) is 10.4. The van der Waals surface area contributed by atoms with Crippen molar-refractivity contribution in [2.75, 3.05) is 26.2 Å². The van der Waals surface area contributed by atoms with Crippen molar-refractivity contribution in [1.82, 2.24) is 4.98 Å².